The number of hydrogen-bond donors (Lipinski definition) is 0. The van der Waals surface area contributed by atoms with E-state index in [1.807, 2.05) is 6.20 Å². The Balaban J connectivity index is 1.14. The molecule has 10 rings (SSSR count). The molecule has 59 heavy (non-hydrogen) atoms. The topological polar surface area (TPSA) is 27.1 Å². The Morgan fingerprint density at radius 2 is 1.15 bits per heavy atom. The van der Waals surface area contributed by atoms with Gasteiger partial charge in [-0.1, -0.05) is 129 Å². The fourth-order valence-electron chi connectivity index (χ4n) is 9.19. The van der Waals surface area contributed by atoms with E-state index in [-0.39, 0.29) is 16.2 Å². The first-order chi connectivity index (χ1) is 28.1. The van der Waals surface area contributed by atoms with Crippen molar-refractivity contribution in [2.24, 2.45) is 0 Å². The number of quaternary nitrogens is 2. The summed E-state index contributed by atoms with van der Waals surface area (Å²) < 4.78 is 10.5. The van der Waals surface area contributed by atoms with E-state index in [0.717, 1.165) is 50.6 Å². The smallest absolute Gasteiger partial charge is 0.225 e. The van der Waals surface area contributed by atoms with Crippen LogP contribution in [0.1, 0.15) is 79.0 Å². The van der Waals surface area contributed by atoms with E-state index >= 15 is 0 Å². The first-order valence-electron chi connectivity index (χ1n) is 20.9. The van der Waals surface area contributed by atoms with Gasteiger partial charge in [-0.25, -0.2) is 4.98 Å². The summed E-state index contributed by atoms with van der Waals surface area (Å²) in [5, 5.41) is 2.35. The van der Waals surface area contributed by atoms with E-state index in [2.05, 4.69) is 219 Å². The maximum absolute atomic E-state index is 7.03. The van der Waals surface area contributed by atoms with Crippen LogP contribution in [-0.2, 0) is 16.2 Å². The van der Waals surface area contributed by atoms with E-state index in [4.69, 9.17) is 9.72 Å². The van der Waals surface area contributed by atoms with Gasteiger partial charge in [0.25, 0.3) is 0 Å². The molecule has 0 amide bonds. The average Bonchev–Trinajstić information content (AvgIpc) is 3.71. The Morgan fingerprint density at radius 3 is 1.92 bits per heavy atom. The third kappa shape index (κ3) is 5.78. The molecule has 0 spiro atoms. The standard InChI is InChI=1S/C54H53N4O/c1-52(2,3)38-18-15-19-41(30-38)57-35-58(57,49-25-22-39(31-50(49)57)53(4,5)6)42-28-37(36-16-11-10-12-17-36)29-44(33-42)59-43-23-24-46-45-20-13-14-21-47(45)56(48(46)34-43)51-32-40(26-27-55-51)54(7,8)9/h10-35H,1-9H3/q+1/t57-,58?/m0/s1. The van der Waals surface area contributed by atoms with Crippen LogP contribution >= 0.6 is 0 Å². The predicted molar refractivity (Wildman–Crippen MR) is 247 cm³/mol. The zero-order chi connectivity index (χ0) is 41.1. The molecule has 2 aliphatic heterocycles. The number of ether oxygens (including phenoxy) is 1. The monoisotopic (exact) mass is 773 g/mol. The second kappa shape index (κ2) is 12.7. The number of aromatic nitrogens is 2. The molecule has 294 valence electrons. The summed E-state index contributed by atoms with van der Waals surface area (Å²) in [4.78, 5) is 4.92. The number of fused-ring (bicyclic) bond motifs is 7. The van der Waals surface area contributed by atoms with Crippen molar-refractivity contribution < 1.29 is 4.74 Å². The van der Waals surface area contributed by atoms with Gasteiger partial charge in [0.05, 0.1) is 11.0 Å². The van der Waals surface area contributed by atoms with E-state index in [1.165, 1.54) is 39.1 Å². The molecule has 2 atom stereocenters. The second-order valence-corrected chi connectivity index (χ2v) is 19.6. The molecular weight excluding hydrogens is 721 g/mol. The fourth-order valence-corrected chi connectivity index (χ4v) is 9.19. The van der Waals surface area contributed by atoms with Crippen LogP contribution in [0, 0.1) is 6.67 Å². The first-order valence-corrected chi connectivity index (χ1v) is 20.9. The summed E-state index contributed by atoms with van der Waals surface area (Å²) in [5.74, 6) is 2.47. The lowest BCUT2D eigenvalue weighted by Crippen LogP contribution is -2.46. The highest BCUT2D eigenvalue weighted by atomic mass is 16.5. The molecule has 1 fully saturated rings. The molecule has 0 saturated carbocycles. The van der Waals surface area contributed by atoms with Crippen LogP contribution in [0.2, 0.25) is 0 Å². The van der Waals surface area contributed by atoms with Crippen molar-refractivity contribution in [1.29, 1.82) is 0 Å². The fraction of sp³-hybridized carbons (Fsp3) is 0.222. The SMILES string of the molecule is CC(C)(C)c1cccc([N@+]23[CH-][N+]2(c2cc(Oc4ccc5c6ccccc6n(-c6cc(C(C)(C)C)ccn6)c5c4)cc(-c4ccccc4)c2)c2ccc(C(C)(C)C)cc23)c1. The molecule has 0 N–H and O–H groups in total. The lowest BCUT2D eigenvalue weighted by molar-refractivity contribution is 0.421. The predicted octanol–water partition coefficient (Wildman–Crippen LogP) is 14.9. The Bertz CT molecular complexity index is 2960. The number of benzene rings is 6. The third-order valence-electron chi connectivity index (χ3n) is 12.6. The molecule has 6 aromatic carbocycles. The molecule has 5 nitrogen and oxygen atoms in total. The average molecular weight is 774 g/mol. The highest BCUT2D eigenvalue weighted by Crippen LogP contribution is 2.76. The molecule has 0 bridgehead atoms. The number of para-hydroxylation sites is 1. The van der Waals surface area contributed by atoms with E-state index < -0.39 is 0 Å². The highest BCUT2D eigenvalue weighted by molar-refractivity contribution is 6.09. The normalized spacial score (nSPS) is 18.7. The van der Waals surface area contributed by atoms with Crippen molar-refractivity contribution in [3.8, 4) is 28.4 Å². The van der Waals surface area contributed by atoms with Crippen LogP contribution in [0.15, 0.2) is 152 Å². The van der Waals surface area contributed by atoms with Crippen molar-refractivity contribution in [2.45, 2.75) is 78.6 Å². The van der Waals surface area contributed by atoms with Gasteiger partial charge < -0.3 is 4.74 Å². The zero-order valence-electron chi connectivity index (χ0n) is 35.7. The maximum Gasteiger partial charge on any atom is 0.225 e. The van der Waals surface area contributed by atoms with Crippen molar-refractivity contribution >= 4 is 44.6 Å². The zero-order valence-corrected chi connectivity index (χ0v) is 35.7. The van der Waals surface area contributed by atoms with Gasteiger partial charge in [-0.2, -0.15) is 9.18 Å². The van der Waals surface area contributed by atoms with Crippen LogP contribution < -0.4 is 13.9 Å². The van der Waals surface area contributed by atoms with E-state index in [1.54, 1.807) is 0 Å². The Labute approximate surface area is 348 Å². The minimum atomic E-state index is -0.00921. The maximum atomic E-state index is 7.03. The second-order valence-electron chi connectivity index (χ2n) is 19.6. The van der Waals surface area contributed by atoms with Gasteiger partial charge in [0.1, 0.15) is 17.3 Å². The van der Waals surface area contributed by atoms with Gasteiger partial charge in [-0.05, 0) is 80.5 Å². The van der Waals surface area contributed by atoms with E-state index in [0.29, 0.717) is 9.18 Å². The van der Waals surface area contributed by atoms with E-state index in [9.17, 15) is 0 Å². The Kier molecular flexibility index (Phi) is 8.05. The molecule has 0 aliphatic carbocycles. The Hall–Kier alpha value is -6.01. The molecular formula is C54H53N4O+. The van der Waals surface area contributed by atoms with Crippen LogP contribution in [0.5, 0.6) is 11.5 Å². The summed E-state index contributed by atoms with van der Waals surface area (Å²) in [6, 6.07) is 53.2. The minimum Gasteiger partial charge on any atom is -0.457 e. The van der Waals surface area contributed by atoms with Gasteiger partial charge in [0.15, 0.2) is 18.0 Å². The quantitative estimate of drug-likeness (QED) is 0.0956. The van der Waals surface area contributed by atoms with Crippen molar-refractivity contribution in [1.82, 2.24) is 18.7 Å². The van der Waals surface area contributed by atoms with Gasteiger partial charge in [-0.15, -0.1) is 0 Å². The molecule has 0 radical (unpaired) electrons. The minimum absolute atomic E-state index is 0.00921. The lowest BCUT2D eigenvalue weighted by Gasteiger charge is -2.41. The molecule has 1 unspecified atom stereocenters. The largest absolute Gasteiger partial charge is 0.457 e. The highest BCUT2D eigenvalue weighted by Gasteiger charge is 2.78. The van der Waals surface area contributed by atoms with Gasteiger partial charge in [0.2, 0.25) is 11.4 Å². The van der Waals surface area contributed by atoms with Crippen molar-refractivity contribution in [3.63, 3.8) is 0 Å². The van der Waals surface area contributed by atoms with Crippen LogP contribution in [0.4, 0.5) is 22.7 Å². The number of rotatable bonds is 6. The van der Waals surface area contributed by atoms with Crippen LogP contribution in [0.25, 0.3) is 38.8 Å². The summed E-state index contributed by atoms with van der Waals surface area (Å²) in [6.45, 7) is 23.0. The molecule has 1 saturated heterocycles. The van der Waals surface area contributed by atoms with Crippen LogP contribution in [-0.4, -0.2) is 9.55 Å². The molecule has 8 aromatic rings. The summed E-state index contributed by atoms with van der Waals surface area (Å²) in [7, 11) is 0. The molecule has 4 heterocycles. The summed E-state index contributed by atoms with van der Waals surface area (Å²) >= 11 is 0. The number of hydrogen-bond acceptors (Lipinski definition) is 2. The Morgan fingerprint density at radius 1 is 0.475 bits per heavy atom. The lowest BCUT2D eigenvalue weighted by atomic mass is 9.85. The first kappa shape index (κ1) is 37.3. The third-order valence-corrected chi connectivity index (χ3v) is 12.6. The summed E-state index contributed by atoms with van der Waals surface area (Å²) in [5.41, 5.74) is 13.5. The van der Waals surface area contributed by atoms with Crippen LogP contribution in [0.3, 0.4) is 0 Å². The number of pyridine rings is 1. The van der Waals surface area contributed by atoms with Gasteiger partial charge >= 0.3 is 0 Å². The van der Waals surface area contributed by atoms with Crippen molar-refractivity contribution in [3.05, 3.63) is 175 Å². The van der Waals surface area contributed by atoms with Gasteiger partial charge in [-0.3, -0.25) is 4.57 Å². The summed E-state index contributed by atoms with van der Waals surface area (Å²) in [6.07, 6.45) is 1.93. The number of nitrogens with zero attached hydrogens (tertiary/aromatic N) is 4. The molecule has 5 heteroatoms. The molecule has 2 aromatic heterocycles. The molecule has 2 aliphatic rings. The van der Waals surface area contributed by atoms with Crippen molar-refractivity contribution in [2.75, 3.05) is 0 Å². The van der Waals surface area contributed by atoms with Gasteiger partial charge in [0, 0.05) is 59.4 Å².